The fourth-order valence-electron chi connectivity index (χ4n) is 2.77. The highest BCUT2D eigenvalue weighted by atomic mass is 16.5. The van der Waals surface area contributed by atoms with E-state index >= 15 is 0 Å². The highest BCUT2D eigenvalue weighted by Crippen LogP contribution is 2.25. The third-order valence-electron chi connectivity index (χ3n) is 3.84. The molecule has 3 N–H and O–H groups in total. The second-order valence-electron chi connectivity index (χ2n) is 5.78. The zero-order valence-corrected chi connectivity index (χ0v) is 13.5. The zero-order chi connectivity index (χ0) is 16.1. The number of nitrogens with zero attached hydrogens (tertiary/aromatic N) is 1. The normalized spacial score (nSPS) is 17.3. The molecular formula is C16H25N3O3. The Bertz CT molecular complexity index is 513. The van der Waals surface area contributed by atoms with Crippen molar-refractivity contribution in [1.29, 1.82) is 0 Å². The van der Waals surface area contributed by atoms with E-state index in [1.807, 2.05) is 0 Å². The standard InChI is InChI=1S/C16H25N3O3/c1-11(2)15(19-6-8-22-9-7-19)16(20)18-12-4-5-14(21-3)13(17)10-12/h4-5,10-11,15H,6-9,17H2,1-3H3,(H,18,20). The fraction of sp³-hybridized carbons (Fsp3) is 0.562. The maximum absolute atomic E-state index is 12.7. The average Bonchev–Trinajstić information content (AvgIpc) is 2.48. The topological polar surface area (TPSA) is 76.8 Å². The number of carbonyl (C=O) groups excluding carboxylic acids is 1. The molecule has 0 saturated carbocycles. The highest BCUT2D eigenvalue weighted by Gasteiger charge is 2.30. The summed E-state index contributed by atoms with van der Waals surface area (Å²) in [5.74, 6) is 0.807. The molecule has 0 bridgehead atoms. The molecule has 1 fully saturated rings. The van der Waals surface area contributed by atoms with Gasteiger partial charge in [0.05, 0.1) is 32.1 Å². The lowest BCUT2D eigenvalue weighted by atomic mass is 10.0. The predicted octanol–water partition coefficient (Wildman–Crippen LogP) is 1.57. The van der Waals surface area contributed by atoms with E-state index < -0.39 is 0 Å². The summed E-state index contributed by atoms with van der Waals surface area (Å²) in [7, 11) is 1.57. The number of nitrogens with two attached hydrogens (primary N) is 1. The Morgan fingerprint density at radius 3 is 2.59 bits per heavy atom. The Labute approximate surface area is 131 Å². The van der Waals surface area contributed by atoms with Gasteiger partial charge in [0.2, 0.25) is 5.91 Å². The molecule has 6 nitrogen and oxygen atoms in total. The molecule has 1 atom stereocenters. The van der Waals surface area contributed by atoms with Crippen molar-refractivity contribution in [2.75, 3.05) is 44.5 Å². The molecule has 0 radical (unpaired) electrons. The third kappa shape index (κ3) is 3.90. The Morgan fingerprint density at radius 2 is 2.05 bits per heavy atom. The maximum Gasteiger partial charge on any atom is 0.241 e. The van der Waals surface area contributed by atoms with Crippen molar-refractivity contribution in [3.05, 3.63) is 18.2 Å². The van der Waals surface area contributed by atoms with Crippen LogP contribution in [0.5, 0.6) is 5.75 Å². The van der Waals surface area contributed by atoms with Gasteiger partial charge in [-0.1, -0.05) is 13.8 Å². The largest absolute Gasteiger partial charge is 0.495 e. The number of hydrogen-bond donors (Lipinski definition) is 2. The molecule has 1 unspecified atom stereocenters. The summed E-state index contributed by atoms with van der Waals surface area (Å²) >= 11 is 0. The molecule has 2 rings (SSSR count). The van der Waals surface area contributed by atoms with Gasteiger partial charge in [-0.25, -0.2) is 0 Å². The van der Waals surface area contributed by atoms with Crippen LogP contribution in [0.1, 0.15) is 13.8 Å². The van der Waals surface area contributed by atoms with Crippen LogP contribution in [0.3, 0.4) is 0 Å². The number of ether oxygens (including phenoxy) is 2. The first-order valence-corrected chi connectivity index (χ1v) is 7.59. The molecule has 0 aromatic heterocycles. The molecule has 1 aromatic rings. The van der Waals surface area contributed by atoms with E-state index in [2.05, 4.69) is 24.1 Å². The van der Waals surface area contributed by atoms with E-state index in [-0.39, 0.29) is 17.9 Å². The predicted molar refractivity (Wildman–Crippen MR) is 87.1 cm³/mol. The lowest BCUT2D eigenvalue weighted by Crippen LogP contribution is -2.51. The maximum atomic E-state index is 12.7. The first kappa shape index (κ1) is 16.6. The molecule has 1 heterocycles. The van der Waals surface area contributed by atoms with E-state index in [4.69, 9.17) is 15.2 Å². The molecule has 1 saturated heterocycles. The van der Waals surface area contributed by atoms with Crippen LogP contribution in [0.4, 0.5) is 11.4 Å². The highest BCUT2D eigenvalue weighted by molar-refractivity contribution is 5.95. The van der Waals surface area contributed by atoms with E-state index in [1.54, 1.807) is 25.3 Å². The van der Waals surface area contributed by atoms with Gasteiger partial charge in [0.1, 0.15) is 5.75 Å². The second-order valence-corrected chi connectivity index (χ2v) is 5.78. The summed E-state index contributed by atoms with van der Waals surface area (Å²) in [4.78, 5) is 14.8. The Hall–Kier alpha value is -1.79. The van der Waals surface area contributed by atoms with Gasteiger partial charge in [0, 0.05) is 18.8 Å². The number of anilines is 2. The number of morpholine rings is 1. The quantitative estimate of drug-likeness (QED) is 0.808. The van der Waals surface area contributed by atoms with Crippen molar-refractivity contribution in [3.63, 3.8) is 0 Å². The number of benzene rings is 1. The van der Waals surface area contributed by atoms with Crippen molar-refractivity contribution >= 4 is 17.3 Å². The average molecular weight is 307 g/mol. The molecular weight excluding hydrogens is 282 g/mol. The number of methoxy groups -OCH3 is 1. The van der Waals surface area contributed by atoms with Gasteiger partial charge in [0.25, 0.3) is 0 Å². The van der Waals surface area contributed by atoms with Crippen LogP contribution in [-0.4, -0.2) is 50.3 Å². The van der Waals surface area contributed by atoms with E-state index in [1.165, 1.54) is 0 Å². The van der Waals surface area contributed by atoms with Gasteiger partial charge in [-0.3, -0.25) is 9.69 Å². The van der Waals surface area contributed by atoms with Gasteiger partial charge >= 0.3 is 0 Å². The molecule has 1 aromatic carbocycles. The summed E-state index contributed by atoms with van der Waals surface area (Å²) in [5, 5.41) is 2.96. The van der Waals surface area contributed by atoms with Crippen molar-refractivity contribution in [1.82, 2.24) is 4.90 Å². The lowest BCUT2D eigenvalue weighted by molar-refractivity contribution is -0.124. The Kier molecular flexibility index (Phi) is 5.63. The van der Waals surface area contributed by atoms with Crippen LogP contribution in [0, 0.1) is 5.92 Å². The van der Waals surface area contributed by atoms with Crippen LogP contribution in [0.25, 0.3) is 0 Å². The van der Waals surface area contributed by atoms with Gasteiger partial charge in [-0.2, -0.15) is 0 Å². The van der Waals surface area contributed by atoms with Crippen LogP contribution in [0.2, 0.25) is 0 Å². The monoisotopic (exact) mass is 307 g/mol. The van der Waals surface area contributed by atoms with Gasteiger partial charge in [-0.15, -0.1) is 0 Å². The summed E-state index contributed by atoms with van der Waals surface area (Å²) in [6.07, 6.45) is 0. The third-order valence-corrected chi connectivity index (χ3v) is 3.84. The first-order chi connectivity index (χ1) is 10.5. The number of nitrogens with one attached hydrogen (secondary N) is 1. The fourth-order valence-corrected chi connectivity index (χ4v) is 2.77. The van der Waals surface area contributed by atoms with Crippen molar-refractivity contribution < 1.29 is 14.3 Å². The van der Waals surface area contributed by atoms with E-state index in [0.29, 0.717) is 30.3 Å². The SMILES string of the molecule is COc1ccc(NC(=O)C(C(C)C)N2CCOCC2)cc1N. The van der Waals surface area contributed by atoms with Gasteiger partial charge < -0.3 is 20.5 Å². The zero-order valence-electron chi connectivity index (χ0n) is 13.5. The smallest absolute Gasteiger partial charge is 0.241 e. The summed E-state index contributed by atoms with van der Waals surface area (Å²) < 4.78 is 10.5. The van der Waals surface area contributed by atoms with E-state index in [0.717, 1.165) is 13.1 Å². The molecule has 122 valence electrons. The molecule has 1 aliphatic heterocycles. The van der Waals surface area contributed by atoms with E-state index in [9.17, 15) is 4.79 Å². The van der Waals surface area contributed by atoms with Crippen LogP contribution in [0.15, 0.2) is 18.2 Å². The Morgan fingerprint density at radius 1 is 1.36 bits per heavy atom. The molecule has 1 aliphatic rings. The van der Waals surface area contributed by atoms with Crippen LogP contribution < -0.4 is 15.8 Å². The number of rotatable bonds is 5. The summed E-state index contributed by atoms with van der Waals surface area (Å²) in [6, 6.07) is 5.09. The van der Waals surface area contributed by atoms with Gasteiger partial charge in [0.15, 0.2) is 0 Å². The lowest BCUT2D eigenvalue weighted by Gasteiger charge is -2.35. The Balaban J connectivity index is 2.09. The molecule has 0 aliphatic carbocycles. The minimum atomic E-state index is -0.174. The molecule has 22 heavy (non-hydrogen) atoms. The summed E-state index contributed by atoms with van der Waals surface area (Å²) in [5.41, 5.74) is 7.07. The van der Waals surface area contributed by atoms with Crippen LogP contribution >= 0.6 is 0 Å². The van der Waals surface area contributed by atoms with Crippen molar-refractivity contribution in [3.8, 4) is 5.75 Å². The number of carbonyl (C=O) groups is 1. The molecule has 0 spiro atoms. The minimum Gasteiger partial charge on any atom is -0.495 e. The minimum absolute atomic E-state index is 0.0125. The number of amides is 1. The van der Waals surface area contributed by atoms with Crippen LogP contribution in [-0.2, 0) is 9.53 Å². The number of hydrogen-bond acceptors (Lipinski definition) is 5. The molecule has 6 heteroatoms. The van der Waals surface area contributed by atoms with Crippen molar-refractivity contribution in [2.45, 2.75) is 19.9 Å². The first-order valence-electron chi connectivity index (χ1n) is 7.59. The summed E-state index contributed by atoms with van der Waals surface area (Å²) in [6.45, 7) is 7.02. The second kappa shape index (κ2) is 7.47. The number of nitrogen functional groups attached to an aromatic ring is 1. The van der Waals surface area contributed by atoms with Crippen molar-refractivity contribution in [2.24, 2.45) is 5.92 Å². The molecule has 1 amide bonds. The van der Waals surface area contributed by atoms with Gasteiger partial charge in [-0.05, 0) is 24.1 Å².